The Bertz CT molecular complexity index is 1770. The van der Waals surface area contributed by atoms with Crippen molar-refractivity contribution in [2.45, 2.75) is 23.1 Å². The molecular formula is C30H24ClN3O6S2. The Kier molecular flexibility index (Phi) is 7.56. The van der Waals surface area contributed by atoms with Crippen LogP contribution in [0.25, 0.3) is 0 Å². The quantitative estimate of drug-likeness (QED) is 0.272. The summed E-state index contributed by atoms with van der Waals surface area (Å²) in [5, 5.41) is 3.13. The highest BCUT2D eigenvalue weighted by Crippen LogP contribution is 2.53. The number of benzene rings is 3. The maximum absolute atomic E-state index is 13.9. The molecule has 0 saturated carbocycles. The Morgan fingerprint density at radius 2 is 1.81 bits per heavy atom. The predicted octanol–water partition coefficient (Wildman–Crippen LogP) is 5.22. The number of rotatable bonds is 7. The second kappa shape index (κ2) is 11.3. The number of aromatic nitrogens is 1. The molecule has 214 valence electrons. The van der Waals surface area contributed by atoms with Crippen molar-refractivity contribution in [3.8, 4) is 11.5 Å². The van der Waals surface area contributed by atoms with Crippen molar-refractivity contribution >= 4 is 63.8 Å². The van der Waals surface area contributed by atoms with Crippen molar-refractivity contribution in [3.05, 3.63) is 97.4 Å². The van der Waals surface area contributed by atoms with Gasteiger partial charge in [-0.15, -0.1) is 0 Å². The number of halogens is 1. The zero-order chi connectivity index (χ0) is 29.5. The molecule has 3 atom stereocenters. The highest BCUT2D eigenvalue weighted by atomic mass is 35.5. The smallest absolute Gasteiger partial charge is 0.305 e. The number of methoxy groups -OCH3 is 1. The van der Waals surface area contributed by atoms with Crippen LogP contribution in [-0.4, -0.2) is 41.7 Å². The lowest BCUT2D eigenvalue weighted by atomic mass is 9.83. The van der Waals surface area contributed by atoms with Crippen LogP contribution in [0.1, 0.15) is 21.9 Å². The van der Waals surface area contributed by atoms with Crippen molar-refractivity contribution in [1.82, 2.24) is 4.98 Å². The molecule has 2 N–H and O–H groups in total. The van der Waals surface area contributed by atoms with Crippen molar-refractivity contribution in [2.75, 3.05) is 23.9 Å². The number of aromatic amines is 1. The maximum Gasteiger partial charge on any atom is 0.305 e. The Hall–Kier alpha value is -4.06. The number of thiazole rings is 1. The highest BCUT2D eigenvalue weighted by molar-refractivity contribution is 8.00. The van der Waals surface area contributed by atoms with E-state index in [1.54, 1.807) is 48.5 Å². The summed E-state index contributed by atoms with van der Waals surface area (Å²) in [5.41, 5.74) is 2.79. The number of aryl methyl sites for hydroxylation is 1. The molecule has 9 nitrogen and oxygen atoms in total. The van der Waals surface area contributed by atoms with Gasteiger partial charge in [0.25, 0.3) is 5.91 Å². The first-order chi connectivity index (χ1) is 20.2. The first kappa shape index (κ1) is 28.1. The summed E-state index contributed by atoms with van der Waals surface area (Å²) >= 11 is 8.26. The third kappa shape index (κ3) is 5.19. The van der Waals surface area contributed by atoms with Gasteiger partial charge in [-0.05, 0) is 66.6 Å². The molecule has 1 saturated heterocycles. The number of nitrogens with zero attached hydrogens (tertiary/aromatic N) is 1. The van der Waals surface area contributed by atoms with Gasteiger partial charge in [-0.25, -0.2) is 4.90 Å². The molecule has 3 unspecified atom stereocenters. The molecule has 1 aromatic heterocycles. The Morgan fingerprint density at radius 3 is 2.55 bits per heavy atom. The van der Waals surface area contributed by atoms with Gasteiger partial charge in [0.05, 0.1) is 23.7 Å². The van der Waals surface area contributed by atoms with E-state index < -0.39 is 17.1 Å². The monoisotopic (exact) mass is 621 g/mol. The van der Waals surface area contributed by atoms with E-state index in [9.17, 15) is 19.2 Å². The van der Waals surface area contributed by atoms with Gasteiger partial charge in [0.1, 0.15) is 5.25 Å². The van der Waals surface area contributed by atoms with E-state index in [1.807, 2.05) is 25.1 Å². The van der Waals surface area contributed by atoms with Gasteiger partial charge in [-0.1, -0.05) is 52.9 Å². The largest absolute Gasteiger partial charge is 0.493 e. The minimum absolute atomic E-state index is 0.249. The fourth-order valence-electron chi connectivity index (χ4n) is 5.28. The van der Waals surface area contributed by atoms with Crippen LogP contribution in [0.3, 0.4) is 0 Å². The molecule has 0 spiro atoms. The highest BCUT2D eigenvalue weighted by Gasteiger charge is 2.56. The average Bonchev–Trinajstić information content (AvgIpc) is 3.46. The zero-order valence-corrected chi connectivity index (χ0v) is 24.8. The van der Waals surface area contributed by atoms with Crippen molar-refractivity contribution < 1.29 is 23.9 Å². The summed E-state index contributed by atoms with van der Waals surface area (Å²) in [4.78, 5) is 56.8. The third-order valence-electron chi connectivity index (χ3n) is 7.12. The fourth-order valence-corrected chi connectivity index (χ4v) is 7.92. The fraction of sp³-hybridized carbons (Fsp3) is 0.200. The molecule has 2 aliphatic heterocycles. The van der Waals surface area contributed by atoms with Gasteiger partial charge in [-0.2, -0.15) is 0 Å². The molecule has 3 heterocycles. The van der Waals surface area contributed by atoms with E-state index in [0.717, 1.165) is 16.9 Å². The molecule has 12 heteroatoms. The number of fused-ring (bicyclic) bond motifs is 2. The lowest BCUT2D eigenvalue weighted by Crippen LogP contribution is -2.32. The number of nitrogens with one attached hydrogen (secondary N) is 2. The van der Waals surface area contributed by atoms with Crippen LogP contribution in [0.2, 0.25) is 5.02 Å². The van der Waals surface area contributed by atoms with Crippen LogP contribution in [0.5, 0.6) is 11.5 Å². The van der Waals surface area contributed by atoms with Gasteiger partial charge in [0, 0.05) is 21.5 Å². The van der Waals surface area contributed by atoms with E-state index in [4.69, 9.17) is 21.1 Å². The van der Waals surface area contributed by atoms with Crippen LogP contribution < -0.4 is 24.6 Å². The Labute approximate surface area is 253 Å². The van der Waals surface area contributed by atoms with Gasteiger partial charge < -0.3 is 19.8 Å². The molecule has 42 heavy (non-hydrogen) atoms. The number of anilines is 2. The van der Waals surface area contributed by atoms with Crippen LogP contribution in [0, 0.1) is 12.8 Å². The van der Waals surface area contributed by atoms with Gasteiger partial charge in [0.2, 0.25) is 11.8 Å². The molecular weight excluding hydrogens is 598 g/mol. The predicted molar refractivity (Wildman–Crippen MR) is 162 cm³/mol. The van der Waals surface area contributed by atoms with Gasteiger partial charge in [-0.3, -0.25) is 19.2 Å². The summed E-state index contributed by atoms with van der Waals surface area (Å²) in [6.45, 7) is 1.69. The first-order valence-electron chi connectivity index (χ1n) is 12.9. The van der Waals surface area contributed by atoms with E-state index in [0.29, 0.717) is 43.4 Å². The van der Waals surface area contributed by atoms with Crippen molar-refractivity contribution in [2.24, 2.45) is 5.92 Å². The van der Waals surface area contributed by atoms with E-state index >= 15 is 0 Å². The van der Waals surface area contributed by atoms with Crippen molar-refractivity contribution in [1.29, 1.82) is 0 Å². The molecule has 6 rings (SSSR count). The number of carbonyl (C=O) groups is 3. The molecule has 3 aromatic carbocycles. The summed E-state index contributed by atoms with van der Waals surface area (Å²) in [6.07, 6.45) is 0. The summed E-state index contributed by atoms with van der Waals surface area (Å²) in [5.74, 6) is -1.71. The summed E-state index contributed by atoms with van der Waals surface area (Å²) < 4.78 is 11.4. The minimum Gasteiger partial charge on any atom is -0.493 e. The number of carbonyl (C=O) groups excluding carboxylic acids is 3. The number of H-pyrrole nitrogens is 1. The number of thioether (sulfide) groups is 1. The Morgan fingerprint density at radius 1 is 1.02 bits per heavy atom. The standard InChI is InChI=1S/C30H24ClN3O6S2/c1-15-4-3-5-18(12-15)32-22(35)14-40-20-11-6-16(13-21(20)39-2)23-24-26(41-27-25(23)42-30(38)33-27)29(37)34(28(24)36)19-9-7-17(31)8-10-19/h3-13,23-24,26H,14H2,1-2H3,(H,32,35)(H,33,38). The van der Waals surface area contributed by atoms with E-state index in [2.05, 4.69) is 10.3 Å². The van der Waals surface area contributed by atoms with E-state index in [-0.39, 0.29) is 29.2 Å². The molecule has 0 aliphatic carbocycles. The number of hydrogen-bond acceptors (Lipinski definition) is 8. The lowest BCUT2D eigenvalue weighted by molar-refractivity contribution is -0.122. The number of amides is 3. The lowest BCUT2D eigenvalue weighted by Gasteiger charge is -2.30. The maximum atomic E-state index is 13.9. The van der Waals surface area contributed by atoms with Crippen LogP contribution >= 0.6 is 34.7 Å². The molecule has 2 aliphatic rings. The first-order valence-corrected chi connectivity index (χ1v) is 15.0. The zero-order valence-electron chi connectivity index (χ0n) is 22.4. The van der Waals surface area contributed by atoms with Crippen LogP contribution in [0.15, 0.2) is 76.6 Å². The average molecular weight is 622 g/mol. The number of ether oxygens (including phenoxy) is 2. The third-order valence-corrected chi connectivity index (χ3v) is 9.77. The normalized spacial score (nSPS) is 19.3. The van der Waals surface area contributed by atoms with Crippen molar-refractivity contribution in [3.63, 3.8) is 0 Å². The number of imide groups is 1. The van der Waals surface area contributed by atoms with E-state index in [1.165, 1.54) is 23.8 Å². The molecule has 0 radical (unpaired) electrons. The molecule has 0 bridgehead atoms. The summed E-state index contributed by atoms with van der Waals surface area (Å²) in [6, 6.07) is 19.1. The van der Waals surface area contributed by atoms with Crippen LogP contribution in [0.4, 0.5) is 11.4 Å². The van der Waals surface area contributed by atoms with Gasteiger partial charge in [0.15, 0.2) is 18.1 Å². The minimum atomic E-state index is -0.756. The van der Waals surface area contributed by atoms with Crippen LogP contribution in [-0.2, 0) is 14.4 Å². The molecule has 1 fully saturated rings. The molecule has 4 aromatic rings. The second-order valence-electron chi connectivity index (χ2n) is 9.85. The number of hydrogen-bond donors (Lipinski definition) is 2. The molecule has 3 amide bonds. The topological polar surface area (TPSA) is 118 Å². The van der Waals surface area contributed by atoms with Gasteiger partial charge >= 0.3 is 4.87 Å². The second-order valence-corrected chi connectivity index (χ2v) is 12.5. The summed E-state index contributed by atoms with van der Waals surface area (Å²) in [7, 11) is 1.48. The Balaban J connectivity index is 1.30. The SMILES string of the molecule is COc1cc(C2c3sc(=O)[nH]c3SC3C(=O)N(c4ccc(Cl)cc4)C(=O)C32)ccc1OCC(=O)Nc1cccc(C)c1.